The zero-order valence-electron chi connectivity index (χ0n) is 12.6. The van der Waals surface area contributed by atoms with E-state index in [0.29, 0.717) is 0 Å². The first-order valence-corrected chi connectivity index (χ1v) is 8.19. The van der Waals surface area contributed by atoms with E-state index in [-0.39, 0.29) is 17.6 Å². The Balaban J connectivity index is 1.40. The number of aromatic amines is 1. The summed E-state index contributed by atoms with van der Waals surface area (Å²) in [6, 6.07) is -0.0386. The van der Waals surface area contributed by atoms with Crippen LogP contribution in [-0.2, 0) is 0 Å². The van der Waals surface area contributed by atoms with Gasteiger partial charge in [0.15, 0.2) is 0 Å². The van der Waals surface area contributed by atoms with Crippen molar-refractivity contribution in [3.63, 3.8) is 0 Å². The number of H-pyrrole nitrogens is 1. The molecule has 4 aliphatic carbocycles. The van der Waals surface area contributed by atoms with Crippen LogP contribution < -0.4 is 10.6 Å². The summed E-state index contributed by atoms with van der Waals surface area (Å²) in [6.07, 6.45) is 11.3. The number of carbonyl (C=O) groups excluding carboxylic acids is 1. The Morgan fingerprint density at radius 1 is 1.29 bits per heavy atom. The number of nitrogens with zero attached hydrogens (tertiary/aromatic N) is 1. The molecule has 5 heteroatoms. The van der Waals surface area contributed by atoms with Gasteiger partial charge >= 0.3 is 6.03 Å². The van der Waals surface area contributed by atoms with Crippen LogP contribution >= 0.6 is 0 Å². The van der Waals surface area contributed by atoms with E-state index in [0.717, 1.165) is 23.3 Å². The largest absolute Gasteiger partial charge is 0.333 e. The summed E-state index contributed by atoms with van der Waals surface area (Å²) in [5, 5.41) is 13.1. The Labute approximate surface area is 125 Å². The third-order valence-corrected chi connectivity index (χ3v) is 5.78. The van der Waals surface area contributed by atoms with Crippen molar-refractivity contribution in [1.82, 2.24) is 20.8 Å². The number of amides is 2. The molecule has 3 N–H and O–H groups in total. The van der Waals surface area contributed by atoms with Gasteiger partial charge in [0.2, 0.25) is 0 Å². The van der Waals surface area contributed by atoms with Crippen molar-refractivity contribution in [2.45, 2.75) is 57.0 Å². The molecule has 1 atom stereocenters. The molecule has 1 unspecified atom stereocenters. The summed E-state index contributed by atoms with van der Waals surface area (Å²) in [5.41, 5.74) is 1.09. The van der Waals surface area contributed by atoms with E-state index in [1.54, 1.807) is 6.20 Å². The highest BCUT2D eigenvalue weighted by Crippen LogP contribution is 2.55. The molecule has 0 aromatic carbocycles. The molecule has 1 aromatic heterocycles. The summed E-state index contributed by atoms with van der Waals surface area (Å²) < 4.78 is 0. The van der Waals surface area contributed by atoms with E-state index in [1.165, 1.54) is 38.5 Å². The first-order valence-electron chi connectivity index (χ1n) is 8.19. The van der Waals surface area contributed by atoms with Gasteiger partial charge in [-0.3, -0.25) is 5.10 Å². The maximum absolute atomic E-state index is 12.4. The molecular weight excluding hydrogens is 264 g/mol. The molecule has 0 saturated heterocycles. The average molecular weight is 288 g/mol. The Bertz CT molecular complexity index is 489. The second-order valence-electron chi connectivity index (χ2n) is 7.55. The van der Waals surface area contributed by atoms with E-state index in [4.69, 9.17) is 0 Å². The van der Waals surface area contributed by atoms with E-state index in [1.807, 2.05) is 13.1 Å². The van der Waals surface area contributed by atoms with Crippen LogP contribution in [0.5, 0.6) is 0 Å². The van der Waals surface area contributed by atoms with Gasteiger partial charge in [-0.25, -0.2) is 4.79 Å². The minimum atomic E-state index is -0.0225. The lowest BCUT2D eigenvalue weighted by Crippen LogP contribution is -2.61. The van der Waals surface area contributed by atoms with E-state index < -0.39 is 0 Å². The molecule has 4 fully saturated rings. The molecule has 114 valence electrons. The molecule has 0 aliphatic heterocycles. The van der Waals surface area contributed by atoms with Gasteiger partial charge in [-0.1, -0.05) is 0 Å². The molecule has 0 radical (unpaired) electrons. The number of hydrogen-bond donors (Lipinski definition) is 3. The van der Waals surface area contributed by atoms with Crippen LogP contribution in [0, 0.1) is 17.8 Å². The number of nitrogens with one attached hydrogen (secondary N) is 3. The van der Waals surface area contributed by atoms with Crippen molar-refractivity contribution in [2.75, 3.05) is 0 Å². The zero-order chi connectivity index (χ0) is 14.4. The smallest absolute Gasteiger partial charge is 0.315 e. The van der Waals surface area contributed by atoms with Gasteiger partial charge in [0.1, 0.15) is 0 Å². The third kappa shape index (κ3) is 2.43. The highest BCUT2D eigenvalue weighted by molar-refractivity contribution is 5.75. The minimum Gasteiger partial charge on any atom is -0.333 e. The summed E-state index contributed by atoms with van der Waals surface area (Å²) in [6.45, 7) is 1.99. The molecule has 1 heterocycles. The number of aromatic nitrogens is 2. The van der Waals surface area contributed by atoms with Crippen molar-refractivity contribution in [3.8, 4) is 0 Å². The second-order valence-corrected chi connectivity index (χ2v) is 7.55. The van der Waals surface area contributed by atoms with Gasteiger partial charge in [-0.05, 0) is 63.2 Å². The van der Waals surface area contributed by atoms with Gasteiger partial charge in [0, 0.05) is 17.3 Å². The first-order chi connectivity index (χ1) is 10.1. The second kappa shape index (κ2) is 4.75. The summed E-state index contributed by atoms with van der Waals surface area (Å²) in [7, 11) is 0. The van der Waals surface area contributed by atoms with Crippen molar-refractivity contribution in [2.24, 2.45) is 17.8 Å². The van der Waals surface area contributed by atoms with Crippen LogP contribution in [0.25, 0.3) is 0 Å². The lowest BCUT2D eigenvalue weighted by molar-refractivity contribution is -0.0136. The molecule has 2 amide bonds. The van der Waals surface area contributed by atoms with Gasteiger partial charge < -0.3 is 10.6 Å². The van der Waals surface area contributed by atoms with Crippen LogP contribution in [0.2, 0.25) is 0 Å². The molecule has 4 aliphatic rings. The molecule has 0 spiro atoms. The summed E-state index contributed by atoms with van der Waals surface area (Å²) in [4.78, 5) is 12.4. The van der Waals surface area contributed by atoms with Crippen molar-refractivity contribution >= 4 is 6.03 Å². The number of urea groups is 1. The van der Waals surface area contributed by atoms with Gasteiger partial charge in [0.25, 0.3) is 0 Å². The standard InChI is InChI=1S/C16H24N4O/c1-10(14-8-17-18-9-14)19-15(21)20-16-5-11-2-12(6-16)4-13(3-11)7-16/h8-13H,2-7H2,1H3,(H,17,18)(H2,19,20,21). The number of carbonyl (C=O) groups is 1. The SMILES string of the molecule is CC(NC(=O)NC12CC3CC(CC(C3)C1)C2)c1cn[nH]c1. The Morgan fingerprint density at radius 3 is 2.43 bits per heavy atom. The first kappa shape index (κ1) is 13.2. The minimum absolute atomic E-state index is 0.0161. The van der Waals surface area contributed by atoms with Crippen molar-refractivity contribution in [1.29, 1.82) is 0 Å². The van der Waals surface area contributed by atoms with Gasteiger partial charge in [0.05, 0.1) is 12.2 Å². The van der Waals surface area contributed by atoms with Crippen molar-refractivity contribution < 1.29 is 4.79 Å². The van der Waals surface area contributed by atoms with E-state index >= 15 is 0 Å². The van der Waals surface area contributed by atoms with Crippen LogP contribution in [0.1, 0.15) is 57.1 Å². The zero-order valence-corrected chi connectivity index (χ0v) is 12.6. The summed E-state index contributed by atoms with van der Waals surface area (Å²) >= 11 is 0. The van der Waals surface area contributed by atoms with Crippen LogP contribution in [0.3, 0.4) is 0 Å². The Hall–Kier alpha value is -1.52. The number of rotatable bonds is 3. The van der Waals surface area contributed by atoms with Crippen LogP contribution in [-0.4, -0.2) is 21.8 Å². The number of hydrogen-bond acceptors (Lipinski definition) is 2. The quantitative estimate of drug-likeness (QED) is 0.800. The maximum Gasteiger partial charge on any atom is 0.315 e. The molecule has 21 heavy (non-hydrogen) atoms. The van der Waals surface area contributed by atoms with E-state index in [9.17, 15) is 4.79 Å². The highest BCUT2D eigenvalue weighted by atomic mass is 16.2. The lowest BCUT2D eigenvalue weighted by Gasteiger charge is -2.56. The predicted octanol–water partition coefficient (Wildman–Crippen LogP) is 2.74. The third-order valence-electron chi connectivity index (χ3n) is 5.78. The average Bonchev–Trinajstić information content (AvgIpc) is 2.89. The van der Waals surface area contributed by atoms with Crippen LogP contribution in [0.15, 0.2) is 12.4 Å². The Morgan fingerprint density at radius 2 is 1.90 bits per heavy atom. The maximum atomic E-state index is 12.4. The van der Waals surface area contributed by atoms with Gasteiger partial charge in [-0.15, -0.1) is 0 Å². The Kier molecular flexibility index (Phi) is 2.98. The topological polar surface area (TPSA) is 69.8 Å². The molecular formula is C16H24N4O. The molecule has 5 nitrogen and oxygen atoms in total. The molecule has 4 saturated carbocycles. The fraction of sp³-hybridized carbons (Fsp3) is 0.750. The normalized spacial score (nSPS) is 38.2. The highest BCUT2D eigenvalue weighted by Gasteiger charge is 2.51. The molecule has 4 bridgehead atoms. The predicted molar refractivity (Wildman–Crippen MR) is 79.6 cm³/mol. The summed E-state index contributed by atoms with van der Waals surface area (Å²) in [5.74, 6) is 2.55. The van der Waals surface area contributed by atoms with Gasteiger partial charge in [-0.2, -0.15) is 5.10 Å². The van der Waals surface area contributed by atoms with Crippen LogP contribution in [0.4, 0.5) is 4.79 Å². The molecule has 5 rings (SSSR count). The fourth-order valence-corrected chi connectivity index (χ4v) is 5.32. The van der Waals surface area contributed by atoms with E-state index in [2.05, 4.69) is 20.8 Å². The fourth-order valence-electron chi connectivity index (χ4n) is 5.32. The monoisotopic (exact) mass is 288 g/mol. The molecule has 1 aromatic rings. The lowest BCUT2D eigenvalue weighted by atomic mass is 9.53. The van der Waals surface area contributed by atoms with Crippen molar-refractivity contribution in [3.05, 3.63) is 18.0 Å².